The van der Waals surface area contributed by atoms with Gasteiger partial charge in [-0.05, 0) is 24.9 Å². The molecule has 2 fully saturated rings. The third-order valence-corrected chi connectivity index (χ3v) is 3.73. The van der Waals surface area contributed by atoms with Crippen molar-refractivity contribution in [2.75, 3.05) is 19.6 Å². The van der Waals surface area contributed by atoms with Crippen molar-refractivity contribution in [3.05, 3.63) is 0 Å². The molecule has 2 aliphatic rings. The Morgan fingerprint density at radius 2 is 2.40 bits per heavy atom. The predicted molar refractivity (Wildman–Crippen MR) is 59.6 cm³/mol. The lowest BCUT2D eigenvalue weighted by Gasteiger charge is -2.20. The number of carbonyl (C=O) groups excluding carboxylic acids is 1. The molecule has 2 rings (SSSR count). The number of carbonyl (C=O) groups is 1. The molecule has 3 unspecified atom stereocenters. The minimum atomic E-state index is -0.125. The number of hydrogen-bond donors (Lipinski definition) is 3. The van der Waals surface area contributed by atoms with E-state index in [1.807, 2.05) is 4.90 Å². The zero-order valence-electron chi connectivity index (χ0n) is 8.56. The van der Waals surface area contributed by atoms with E-state index in [0.29, 0.717) is 19.5 Å². The summed E-state index contributed by atoms with van der Waals surface area (Å²) in [5.74, 6) is 0.138. The summed E-state index contributed by atoms with van der Waals surface area (Å²) in [6.45, 7) is 2.15. The zero-order chi connectivity index (χ0) is 10.8. The van der Waals surface area contributed by atoms with Crippen LogP contribution in [0, 0.1) is 0 Å². The second-order valence-electron chi connectivity index (χ2n) is 4.26. The fraction of sp³-hybridized carbons (Fsp3) is 0.889. The van der Waals surface area contributed by atoms with Crippen molar-refractivity contribution >= 4 is 17.9 Å². The van der Waals surface area contributed by atoms with Gasteiger partial charge in [0, 0.05) is 30.9 Å². The quantitative estimate of drug-likeness (QED) is 0.558. The Bertz CT molecular complexity index is 252. The molecule has 0 saturated carbocycles. The van der Waals surface area contributed by atoms with Crippen LogP contribution in [-0.2, 0) is 4.79 Å². The van der Waals surface area contributed by atoms with E-state index in [0.717, 1.165) is 25.0 Å². The van der Waals surface area contributed by atoms with E-state index in [4.69, 9.17) is 10.3 Å². The molecule has 0 aromatic carbocycles. The van der Waals surface area contributed by atoms with Crippen molar-refractivity contribution in [2.24, 2.45) is 5.73 Å². The van der Waals surface area contributed by atoms with E-state index >= 15 is 0 Å². The van der Waals surface area contributed by atoms with Gasteiger partial charge in [-0.25, -0.2) is 0 Å². The third-order valence-electron chi connectivity index (χ3n) is 3.07. The molecule has 0 bridgehead atoms. The van der Waals surface area contributed by atoms with Crippen LogP contribution in [0.1, 0.15) is 12.8 Å². The van der Waals surface area contributed by atoms with Crippen molar-refractivity contribution in [3.8, 4) is 0 Å². The van der Waals surface area contributed by atoms with E-state index in [1.54, 1.807) is 0 Å². The second kappa shape index (κ2) is 4.69. The molecule has 0 spiro atoms. The average Bonchev–Trinajstić information content (AvgIpc) is 2.84. The molecule has 2 saturated heterocycles. The molecule has 0 radical (unpaired) electrons. The van der Waals surface area contributed by atoms with Crippen molar-refractivity contribution in [1.82, 2.24) is 10.2 Å². The van der Waals surface area contributed by atoms with Crippen LogP contribution < -0.4 is 11.1 Å². The highest BCUT2D eigenvalue weighted by molar-refractivity contribution is 7.94. The topological polar surface area (TPSA) is 78.6 Å². The highest BCUT2D eigenvalue weighted by Crippen LogP contribution is 2.20. The molecule has 1 amide bonds. The fourth-order valence-electron chi connectivity index (χ4n) is 2.18. The molecule has 3 atom stereocenters. The smallest absolute Gasteiger partial charge is 0.239 e. The van der Waals surface area contributed by atoms with Crippen molar-refractivity contribution in [2.45, 2.75) is 30.2 Å². The van der Waals surface area contributed by atoms with Crippen LogP contribution in [0.5, 0.6) is 0 Å². The minimum Gasteiger partial charge on any atom is -0.340 e. The van der Waals surface area contributed by atoms with Gasteiger partial charge in [-0.2, -0.15) is 0 Å². The standard InChI is InChI=1S/C9H17N3O2S/c10-6-1-2-12(5-6)9(13)8-3-7(15-14)4-11-8/h6-8,11,14H,1-5,10H2. The minimum absolute atomic E-state index is 0.125. The van der Waals surface area contributed by atoms with E-state index in [-0.39, 0.29) is 23.2 Å². The number of nitrogens with one attached hydrogen (secondary N) is 1. The first-order valence-electron chi connectivity index (χ1n) is 5.28. The Balaban J connectivity index is 1.86. The molecule has 86 valence electrons. The maximum absolute atomic E-state index is 12.0. The molecule has 5 nitrogen and oxygen atoms in total. The number of nitrogens with zero attached hydrogens (tertiary/aromatic N) is 1. The average molecular weight is 231 g/mol. The normalized spacial score (nSPS) is 36.1. The van der Waals surface area contributed by atoms with Gasteiger partial charge in [-0.1, -0.05) is 0 Å². The van der Waals surface area contributed by atoms with Crippen LogP contribution in [0.4, 0.5) is 0 Å². The maximum atomic E-state index is 12.0. The van der Waals surface area contributed by atoms with Gasteiger partial charge in [-0.15, -0.1) is 0 Å². The molecule has 0 aromatic rings. The Kier molecular flexibility index (Phi) is 3.50. The SMILES string of the molecule is NC1CCN(C(=O)C2CC(SO)CN2)C1. The summed E-state index contributed by atoms with van der Waals surface area (Å²) in [6.07, 6.45) is 1.61. The number of likely N-dealkylation sites (tertiary alicyclic amines) is 1. The Morgan fingerprint density at radius 1 is 1.60 bits per heavy atom. The van der Waals surface area contributed by atoms with Crippen LogP contribution in [0.2, 0.25) is 0 Å². The van der Waals surface area contributed by atoms with Gasteiger partial charge in [-0.3, -0.25) is 4.79 Å². The predicted octanol–water partition coefficient (Wildman–Crippen LogP) is -0.517. The van der Waals surface area contributed by atoms with E-state index in [9.17, 15) is 4.79 Å². The van der Waals surface area contributed by atoms with Gasteiger partial charge in [0.25, 0.3) is 0 Å². The molecule has 0 aromatic heterocycles. The van der Waals surface area contributed by atoms with Crippen molar-refractivity contribution < 1.29 is 9.35 Å². The third kappa shape index (κ3) is 2.44. The molecule has 2 aliphatic heterocycles. The van der Waals surface area contributed by atoms with Gasteiger partial charge >= 0.3 is 0 Å². The number of nitrogens with two attached hydrogens (primary N) is 1. The van der Waals surface area contributed by atoms with Crippen molar-refractivity contribution in [3.63, 3.8) is 0 Å². The zero-order valence-corrected chi connectivity index (χ0v) is 9.37. The summed E-state index contributed by atoms with van der Waals surface area (Å²) in [6, 6.07) is 0.0123. The maximum Gasteiger partial charge on any atom is 0.239 e. The molecule has 4 N–H and O–H groups in total. The molecule has 0 aliphatic carbocycles. The highest BCUT2D eigenvalue weighted by Gasteiger charge is 2.34. The van der Waals surface area contributed by atoms with Crippen LogP contribution >= 0.6 is 12.0 Å². The van der Waals surface area contributed by atoms with Crippen LogP contribution in [0.25, 0.3) is 0 Å². The first-order chi connectivity index (χ1) is 7.20. The Labute approximate surface area is 93.6 Å². The highest BCUT2D eigenvalue weighted by atomic mass is 32.2. The Hall–Kier alpha value is -0.300. The summed E-state index contributed by atoms with van der Waals surface area (Å²) in [4.78, 5) is 13.8. The summed E-state index contributed by atoms with van der Waals surface area (Å²) in [5, 5.41) is 3.28. The number of rotatable bonds is 2. The lowest BCUT2D eigenvalue weighted by molar-refractivity contribution is -0.132. The van der Waals surface area contributed by atoms with Gasteiger partial charge in [0.15, 0.2) is 0 Å². The number of amides is 1. The van der Waals surface area contributed by atoms with Crippen LogP contribution in [0.15, 0.2) is 0 Å². The van der Waals surface area contributed by atoms with Gasteiger partial charge in [0.2, 0.25) is 5.91 Å². The lowest BCUT2D eigenvalue weighted by Crippen LogP contribution is -2.43. The first-order valence-corrected chi connectivity index (χ1v) is 6.12. The first kappa shape index (κ1) is 11.2. The molecule has 2 heterocycles. The summed E-state index contributed by atoms with van der Waals surface area (Å²) in [5.41, 5.74) is 5.76. The van der Waals surface area contributed by atoms with E-state index in [1.165, 1.54) is 0 Å². The largest absolute Gasteiger partial charge is 0.340 e. The fourth-order valence-corrected chi connectivity index (χ4v) is 2.63. The van der Waals surface area contributed by atoms with Crippen LogP contribution in [0.3, 0.4) is 0 Å². The van der Waals surface area contributed by atoms with E-state index < -0.39 is 0 Å². The number of hydrogen-bond acceptors (Lipinski definition) is 5. The van der Waals surface area contributed by atoms with Gasteiger partial charge in [0.05, 0.1) is 6.04 Å². The summed E-state index contributed by atoms with van der Waals surface area (Å²) < 4.78 is 8.90. The monoisotopic (exact) mass is 231 g/mol. The van der Waals surface area contributed by atoms with E-state index in [2.05, 4.69) is 5.32 Å². The summed E-state index contributed by atoms with van der Waals surface area (Å²) in [7, 11) is 0. The second-order valence-corrected chi connectivity index (χ2v) is 5.13. The Morgan fingerprint density at radius 3 is 2.93 bits per heavy atom. The molecule has 15 heavy (non-hydrogen) atoms. The van der Waals surface area contributed by atoms with Crippen molar-refractivity contribution in [1.29, 1.82) is 0 Å². The summed E-state index contributed by atoms with van der Waals surface area (Å²) >= 11 is 0.839. The molecular weight excluding hydrogens is 214 g/mol. The molecular formula is C9H17N3O2S. The lowest BCUT2D eigenvalue weighted by atomic mass is 10.2. The van der Waals surface area contributed by atoms with Crippen LogP contribution in [-0.4, -0.2) is 52.3 Å². The van der Waals surface area contributed by atoms with Gasteiger partial charge in [0.1, 0.15) is 0 Å². The van der Waals surface area contributed by atoms with Gasteiger partial charge < -0.3 is 20.5 Å². The molecule has 6 heteroatoms.